The molecule has 0 spiro atoms. The van der Waals surface area contributed by atoms with Crippen molar-refractivity contribution in [2.45, 2.75) is 13.0 Å². The van der Waals surface area contributed by atoms with E-state index in [9.17, 15) is 30.7 Å². The molecule has 0 N–H and O–H groups in total. The number of aryl methyl sites for hydroxylation is 1. The van der Waals surface area contributed by atoms with Gasteiger partial charge in [-0.1, -0.05) is 17.7 Å². The second kappa shape index (κ2) is 7.59. The summed E-state index contributed by atoms with van der Waals surface area (Å²) in [7, 11) is 0. The lowest BCUT2D eigenvalue weighted by atomic mass is 10.0. The van der Waals surface area contributed by atoms with Gasteiger partial charge in [-0.05, 0) is 48.4 Å². The first kappa shape index (κ1) is 21.0. The Morgan fingerprint density at radius 2 is 1.41 bits per heavy atom. The Morgan fingerprint density at radius 3 is 2.00 bits per heavy atom. The maximum atomic E-state index is 14.4. The fraction of sp³-hybridized carbons (Fsp3) is 0.100. The van der Waals surface area contributed by atoms with Crippen molar-refractivity contribution in [3.8, 4) is 16.9 Å². The fourth-order valence-corrected chi connectivity index (χ4v) is 2.90. The van der Waals surface area contributed by atoms with E-state index in [0.717, 1.165) is 24.3 Å². The van der Waals surface area contributed by atoms with E-state index in [4.69, 9.17) is 11.6 Å². The number of rotatable bonds is 4. The van der Waals surface area contributed by atoms with Crippen LogP contribution in [0, 0.1) is 36.0 Å². The average Bonchev–Trinajstić information content (AvgIpc) is 2.63. The van der Waals surface area contributed by atoms with Gasteiger partial charge >= 0.3 is 6.11 Å². The fourth-order valence-electron chi connectivity index (χ4n) is 2.58. The van der Waals surface area contributed by atoms with Crippen molar-refractivity contribution < 1.29 is 35.5 Å². The molecule has 3 aromatic rings. The minimum absolute atomic E-state index is 0.0451. The highest BCUT2D eigenvalue weighted by Crippen LogP contribution is 2.38. The lowest BCUT2D eigenvalue weighted by Crippen LogP contribution is -2.23. The summed E-state index contributed by atoms with van der Waals surface area (Å²) in [6, 6.07) is 5.43. The van der Waals surface area contributed by atoms with Crippen molar-refractivity contribution in [2.24, 2.45) is 0 Å². The first-order chi connectivity index (χ1) is 13.5. The summed E-state index contributed by atoms with van der Waals surface area (Å²) in [4.78, 5) is 0. The molecule has 0 radical (unpaired) electrons. The van der Waals surface area contributed by atoms with Crippen molar-refractivity contribution in [2.75, 3.05) is 0 Å². The number of hydrogen-bond acceptors (Lipinski definition) is 1. The van der Waals surface area contributed by atoms with Crippen molar-refractivity contribution in [3.05, 3.63) is 87.7 Å². The van der Waals surface area contributed by atoms with Crippen LogP contribution >= 0.6 is 11.6 Å². The Morgan fingerprint density at radius 1 is 0.793 bits per heavy atom. The second-order valence-corrected chi connectivity index (χ2v) is 6.45. The summed E-state index contributed by atoms with van der Waals surface area (Å²) in [6.07, 6.45) is -4.10. The molecular formula is C20H10ClF7O. The number of benzene rings is 3. The molecule has 0 amide bonds. The lowest BCUT2D eigenvalue weighted by Gasteiger charge is -2.20. The molecule has 0 fully saturated rings. The summed E-state index contributed by atoms with van der Waals surface area (Å²) in [6.45, 7) is 1.33. The van der Waals surface area contributed by atoms with Crippen LogP contribution in [-0.2, 0) is 6.11 Å². The highest BCUT2D eigenvalue weighted by atomic mass is 35.5. The Labute approximate surface area is 165 Å². The van der Waals surface area contributed by atoms with Crippen LogP contribution in [0.3, 0.4) is 0 Å². The summed E-state index contributed by atoms with van der Waals surface area (Å²) >= 11 is 5.62. The normalized spacial score (nSPS) is 11.6. The van der Waals surface area contributed by atoms with Gasteiger partial charge in [0.2, 0.25) is 0 Å². The van der Waals surface area contributed by atoms with Crippen LogP contribution < -0.4 is 4.74 Å². The van der Waals surface area contributed by atoms with E-state index >= 15 is 0 Å². The third-order valence-corrected chi connectivity index (χ3v) is 4.44. The van der Waals surface area contributed by atoms with Crippen LogP contribution in [0.1, 0.15) is 11.1 Å². The third-order valence-electron chi connectivity index (χ3n) is 4.07. The van der Waals surface area contributed by atoms with Gasteiger partial charge in [0.1, 0.15) is 17.4 Å². The minimum Gasteiger partial charge on any atom is -0.429 e. The Hall–Kier alpha value is -2.74. The van der Waals surface area contributed by atoms with Gasteiger partial charge in [-0.3, -0.25) is 0 Å². The first-order valence-corrected chi connectivity index (χ1v) is 8.35. The zero-order chi connectivity index (χ0) is 21.5. The molecule has 0 aromatic heterocycles. The van der Waals surface area contributed by atoms with Crippen LogP contribution in [0.5, 0.6) is 5.75 Å². The van der Waals surface area contributed by atoms with Gasteiger partial charge in [0, 0.05) is 11.6 Å². The van der Waals surface area contributed by atoms with Crippen LogP contribution in [0.2, 0.25) is 5.02 Å². The molecule has 0 saturated heterocycles. The van der Waals surface area contributed by atoms with E-state index in [0.29, 0.717) is 18.2 Å². The monoisotopic (exact) mass is 434 g/mol. The highest BCUT2D eigenvalue weighted by molar-refractivity contribution is 6.31. The van der Waals surface area contributed by atoms with Crippen LogP contribution in [0.4, 0.5) is 30.7 Å². The summed E-state index contributed by atoms with van der Waals surface area (Å²) in [5.74, 6) is -7.67. The molecule has 0 saturated carbocycles. The largest absolute Gasteiger partial charge is 0.429 e. The van der Waals surface area contributed by atoms with Crippen LogP contribution in [0.15, 0.2) is 42.5 Å². The Bertz CT molecular complexity index is 1080. The molecule has 29 heavy (non-hydrogen) atoms. The van der Waals surface area contributed by atoms with Gasteiger partial charge in [-0.15, -0.1) is 0 Å². The molecule has 152 valence electrons. The smallest absolute Gasteiger partial charge is 0.428 e. The van der Waals surface area contributed by atoms with Gasteiger partial charge in [0.05, 0.1) is 10.6 Å². The molecule has 0 aliphatic carbocycles. The molecule has 9 heteroatoms. The maximum Gasteiger partial charge on any atom is 0.428 e. The predicted octanol–water partition coefficient (Wildman–Crippen LogP) is 7.14. The van der Waals surface area contributed by atoms with Gasteiger partial charge in [-0.25, -0.2) is 22.0 Å². The van der Waals surface area contributed by atoms with E-state index in [1.54, 1.807) is 0 Å². The van der Waals surface area contributed by atoms with E-state index < -0.39 is 51.5 Å². The molecule has 0 unspecified atom stereocenters. The quantitative estimate of drug-likeness (QED) is 0.313. The Kier molecular flexibility index (Phi) is 5.49. The van der Waals surface area contributed by atoms with Crippen molar-refractivity contribution in [1.82, 2.24) is 0 Å². The van der Waals surface area contributed by atoms with Gasteiger partial charge in [-0.2, -0.15) is 8.78 Å². The first-order valence-electron chi connectivity index (χ1n) is 7.97. The van der Waals surface area contributed by atoms with E-state index in [1.807, 2.05) is 0 Å². The molecule has 1 nitrogen and oxygen atoms in total. The van der Waals surface area contributed by atoms with E-state index in [-0.39, 0.29) is 16.7 Å². The summed E-state index contributed by atoms with van der Waals surface area (Å²) in [5, 5.41) is -0.843. The minimum atomic E-state index is -4.10. The van der Waals surface area contributed by atoms with Crippen molar-refractivity contribution >= 4 is 11.6 Å². The molecular weight excluding hydrogens is 425 g/mol. The SMILES string of the molecule is Cc1ccc(C(F)(F)Oc2ccc(-c3cc(F)c(F)c(F)c3)c(F)c2)c(Cl)c1F. The molecule has 0 atom stereocenters. The van der Waals surface area contributed by atoms with Gasteiger partial charge < -0.3 is 4.74 Å². The number of hydrogen-bond donors (Lipinski definition) is 0. The van der Waals surface area contributed by atoms with Crippen LogP contribution in [-0.4, -0.2) is 0 Å². The third kappa shape index (κ3) is 4.03. The maximum absolute atomic E-state index is 14.4. The predicted molar refractivity (Wildman–Crippen MR) is 92.4 cm³/mol. The van der Waals surface area contributed by atoms with Crippen molar-refractivity contribution in [3.63, 3.8) is 0 Å². The zero-order valence-corrected chi connectivity index (χ0v) is 15.2. The van der Waals surface area contributed by atoms with E-state index in [1.165, 1.54) is 6.92 Å². The number of ether oxygens (including phenoxy) is 1. The lowest BCUT2D eigenvalue weighted by molar-refractivity contribution is -0.185. The molecule has 0 aliphatic rings. The molecule has 0 heterocycles. The van der Waals surface area contributed by atoms with E-state index in [2.05, 4.69) is 4.74 Å². The highest BCUT2D eigenvalue weighted by Gasteiger charge is 2.38. The van der Waals surface area contributed by atoms with Gasteiger partial charge in [0.25, 0.3) is 0 Å². The number of alkyl halides is 2. The topological polar surface area (TPSA) is 9.23 Å². The standard InChI is InChI=1S/C20H10ClF7O/c1-9-2-5-13(17(21)18(9)25)20(27,28)29-11-3-4-12(14(22)8-11)10-6-15(23)19(26)16(24)7-10/h2-8H,1H3. The Balaban J connectivity index is 1.94. The van der Waals surface area contributed by atoms with Crippen molar-refractivity contribution in [1.29, 1.82) is 0 Å². The van der Waals surface area contributed by atoms with Crippen LogP contribution in [0.25, 0.3) is 11.1 Å². The number of halogens is 8. The molecule has 0 bridgehead atoms. The zero-order valence-electron chi connectivity index (χ0n) is 14.5. The molecule has 0 aliphatic heterocycles. The molecule has 3 aromatic carbocycles. The summed E-state index contributed by atoms with van der Waals surface area (Å²) < 4.78 is 101. The van der Waals surface area contributed by atoms with Gasteiger partial charge in [0.15, 0.2) is 17.5 Å². The molecule has 3 rings (SSSR count). The summed E-state index contributed by atoms with van der Waals surface area (Å²) in [5.41, 5.74) is -1.64. The average molecular weight is 435 g/mol. The second-order valence-electron chi connectivity index (χ2n) is 6.07.